The summed E-state index contributed by atoms with van der Waals surface area (Å²) < 4.78 is 1.49. The second-order valence-electron chi connectivity index (χ2n) is 3.89. The molecular formula is C13H6Cl2N4. The molecule has 0 radical (unpaired) electrons. The summed E-state index contributed by atoms with van der Waals surface area (Å²) in [5.41, 5.74) is 1.74. The zero-order valence-electron chi connectivity index (χ0n) is 9.51. The molecule has 0 saturated carbocycles. The van der Waals surface area contributed by atoms with E-state index in [2.05, 4.69) is 16.2 Å². The lowest BCUT2D eigenvalue weighted by Gasteiger charge is -1.97. The summed E-state index contributed by atoms with van der Waals surface area (Å²) in [6.07, 6.45) is 0. The van der Waals surface area contributed by atoms with Crippen molar-refractivity contribution >= 4 is 28.8 Å². The molecule has 0 aliphatic heterocycles. The minimum Gasteiger partial charge on any atom is -0.207 e. The van der Waals surface area contributed by atoms with Crippen LogP contribution < -0.4 is 0 Å². The van der Waals surface area contributed by atoms with Gasteiger partial charge in [-0.1, -0.05) is 29.3 Å². The molecule has 6 heteroatoms. The van der Waals surface area contributed by atoms with Gasteiger partial charge in [-0.3, -0.25) is 0 Å². The van der Waals surface area contributed by atoms with E-state index in [1.165, 1.54) is 4.52 Å². The van der Waals surface area contributed by atoms with Gasteiger partial charge in [0, 0.05) is 15.6 Å². The number of benzene rings is 1. The van der Waals surface area contributed by atoms with Gasteiger partial charge in [-0.25, -0.2) is 9.50 Å². The van der Waals surface area contributed by atoms with Crippen LogP contribution in [0.5, 0.6) is 0 Å². The lowest BCUT2D eigenvalue weighted by molar-refractivity contribution is 0.945. The van der Waals surface area contributed by atoms with Gasteiger partial charge in [-0.2, -0.15) is 5.26 Å². The van der Waals surface area contributed by atoms with Crippen LogP contribution in [0.1, 0.15) is 5.69 Å². The molecule has 0 aliphatic rings. The molecule has 92 valence electrons. The topological polar surface area (TPSA) is 54.0 Å². The van der Waals surface area contributed by atoms with Gasteiger partial charge in [0.2, 0.25) is 0 Å². The summed E-state index contributed by atoms with van der Waals surface area (Å²) in [6, 6.07) is 12.4. The van der Waals surface area contributed by atoms with Crippen LogP contribution in [0.4, 0.5) is 0 Å². The van der Waals surface area contributed by atoms with Crippen LogP contribution in [-0.4, -0.2) is 14.6 Å². The lowest BCUT2D eigenvalue weighted by Crippen LogP contribution is -1.93. The molecule has 2 heterocycles. The van der Waals surface area contributed by atoms with Crippen molar-refractivity contribution in [1.82, 2.24) is 14.6 Å². The molecular weight excluding hydrogens is 283 g/mol. The first-order chi connectivity index (χ1) is 9.17. The van der Waals surface area contributed by atoms with E-state index < -0.39 is 0 Å². The number of halogens is 2. The third-order valence-corrected chi connectivity index (χ3v) is 3.03. The van der Waals surface area contributed by atoms with Gasteiger partial charge in [0.25, 0.3) is 0 Å². The normalized spacial score (nSPS) is 10.6. The van der Waals surface area contributed by atoms with Crippen LogP contribution in [0.2, 0.25) is 10.0 Å². The number of hydrogen-bond acceptors (Lipinski definition) is 3. The molecule has 0 saturated heterocycles. The van der Waals surface area contributed by atoms with E-state index in [1.807, 2.05) is 0 Å². The van der Waals surface area contributed by atoms with Crippen molar-refractivity contribution in [2.75, 3.05) is 0 Å². The maximum absolute atomic E-state index is 9.02. The minimum atomic E-state index is 0.421. The number of nitrogens with zero attached hydrogens (tertiary/aromatic N) is 4. The maximum Gasteiger partial charge on any atom is 0.182 e. The predicted molar refractivity (Wildman–Crippen MR) is 73.2 cm³/mol. The van der Waals surface area contributed by atoms with Gasteiger partial charge in [0.1, 0.15) is 11.8 Å². The van der Waals surface area contributed by atoms with Gasteiger partial charge in [0.15, 0.2) is 11.5 Å². The molecule has 2 aromatic heterocycles. The first-order valence-electron chi connectivity index (χ1n) is 5.40. The molecule has 3 aromatic rings. The Morgan fingerprint density at radius 1 is 1.11 bits per heavy atom. The summed E-state index contributed by atoms with van der Waals surface area (Å²) in [7, 11) is 0. The van der Waals surface area contributed by atoms with E-state index >= 15 is 0 Å². The van der Waals surface area contributed by atoms with Crippen molar-refractivity contribution in [3.63, 3.8) is 0 Å². The number of nitriles is 1. The second-order valence-corrected chi connectivity index (χ2v) is 4.76. The van der Waals surface area contributed by atoms with Crippen molar-refractivity contribution < 1.29 is 0 Å². The third-order valence-electron chi connectivity index (χ3n) is 2.60. The Morgan fingerprint density at radius 3 is 2.53 bits per heavy atom. The van der Waals surface area contributed by atoms with Crippen LogP contribution in [0.3, 0.4) is 0 Å². The largest absolute Gasteiger partial charge is 0.207 e. The second kappa shape index (κ2) is 4.54. The quantitative estimate of drug-likeness (QED) is 0.688. The Hall–Kier alpha value is -2.09. The fourth-order valence-electron chi connectivity index (χ4n) is 1.80. The smallest absolute Gasteiger partial charge is 0.182 e. The molecule has 3 rings (SSSR count). The van der Waals surface area contributed by atoms with Crippen molar-refractivity contribution in [2.45, 2.75) is 0 Å². The Bertz CT molecular complexity index is 797. The fraction of sp³-hybridized carbons (Fsp3) is 0. The number of hydrogen-bond donors (Lipinski definition) is 0. The molecule has 1 aromatic carbocycles. The summed E-state index contributed by atoms with van der Waals surface area (Å²) in [6.45, 7) is 0. The summed E-state index contributed by atoms with van der Waals surface area (Å²) in [5.74, 6) is 0.479. The molecule has 0 N–H and O–H groups in total. The van der Waals surface area contributed by atoms with Crippen molar-refractivity contribution in [1.29, 1.82) is 5.26 Å². The highest BCUT2D eigenvalue weighted by Crippen LogP contribution is 2.25. The van der Waals surface area contributed by atoms with Crippen LogP contribution in [0.15, 0.2) is 36.4 Å². The van der Waals surface area contributed by atoms with E-state index in [4.69, 9.17) is 28.5 Å². The van der Waals surface area contributed by atoms with E-state index in [0.717, 1.165) is 0 Å². The first kappa shape index (κ1) is 12.0. The highest BCUT2D eigenvalue weighted by atomic mass is 35.5. The molecule has 0 unspecified atom stereocenters. The standard InChI is InChI=1S/C13H6Cl2N4/c14-9-4-8(5-10(15)6-9)13-17-12-3-1-2-11(7-16)19(12)18-13/h1-6H. The van der Waals surface area contributed by atoms with E-state index in [9.17, 15) is 0 Å². The lowest BCUT2D eigenvalue weighted by atomic mass is 10.2. The number of pyridine rings is 1. The molecule has 0 fully saturated rings. The van der Waals surface area contributed by atoms with Crippen LogP contribution in [0, 0.1) is 11.3 Å². The SMILES string of the molecule is N#Cc1cccc2nc(-c3cc(Cl)cc(Cl)c3)nn12. The van der Waals surface area contributed by atoms with Crippen molar-refractivity contribution in [2.24, 2.45) is 0 Å². The summed E-state index contributed by atoms with van der Waals surface area (Å²) in [5, 5.41) is 14.4. The van der Waals surface area contributed by atoms with Crippen LogP contribution >= 0.6 is 23.2 Å². The van der Waals surface area contributed by atoms with Crippen molar-refractivity contribution in [3.8, 4) is 17.5 Å². The molecule has 0 spiro atoms. The summed E-state index contributed by atoms with van der Waals surface area (Å²) >= 11 is 11.9. The highest BCUT2D eigenvalue weighted by Gasteiger charge is 2.10. The average molecular weight is 289 g/mol. The Balaban J connectivity index is 2.24. The number of aromatic nitrogens is 3. The minimum absolute atomic E-state index is 0.421. The van der Waals surface area contributed by atoms with Crippen molar-refractivity contribution in [3.05, 3.63) is 52.1 Å². The van der Waals surface area contributed by atoms with Gasteiger partial charge in [-0.15, -0.1) is 5.10 Å². The van der Waals surface area contributed by atoms with E-state index in [0.29, 0.717) is 32.8 Å². The fourth-order valence-corrected chi connectivity index (χ4v) is 2.32. The zero-order valence-corrected chi connectivity index (χ0v) is 11.0. The Kier molecular flexibility index (Phi) is 2.86. The van der Waals surface area contributed by atoms with Crippen LogP contribution in [-0.2, 0) is 0 Å². The maximum atomic E-state index is 9.02. The number of rotatable bonds is 1. The third kappa shape index (κ3) is 2.14. The molecule has 0 aliphatic carbocycles. The van der Waals surface area contributed by atoms with Crippen LogP contribution in [0.25, 0.3) is 17.0 Å². The van der Waals surface area contributed by atoms with Gasteiger partial charge in [-0.05, 0) is 30.3 Å². The average Bonchev–Trinajstić information content (AvgIpc) is 2.81. The van der Waals surface area contributed by atoms with E-state index in [1.54, 1.807) is 36.4 Å². The number of fused-ring (bicyclic) bond motifs is 1. The molecule has 0 amide bonds. The predicted octanol–water partition coefficient (Wildman–Crippen LogP) is 3.57. The van der Waals surface area contributed by atoms with Gasteiger partial charge < -0.3 is 0 Å². The first-order valence-corrected chi connectivity index (χ1v) is 6.15. The Labute approximate surface area is 118 Å². The van der Waals surface area contributed by atoms with Gasteiger partial charge >= 0.3 is 0 Å². The zero-order chi connectivity index (χ0) is 13.4. The van der Waals surface area contributed by atoms with Gasteiger partial charge in [0.05, 0.1) is 0 Å². The molecule has 4 nitrogen and oxygen atoms in total. The Morgan fingerprint density at radius 2 is 1.84 bits per heavy atom. The monoisotopic (exact) mass is 288 g/mol. The molecule has 19 heavy (non-hydrogen) atoms. The molecule has 0 atom stereocenters. The van der Waals surface area contributed by atoms with E-state index in [-0.39, 0.29) is 0 Å². The summed E-state index contributed by atoms with van der Waals surface area (Å²) in [4.78, 5) is 4.36. The highest BCUT2D eigenvalue weighted by molar-refractivity contribution is 6.35. The molecule has 0 bridgehead atoms.